The predicted octanol–water partition coefficient (Wildman–Crippen LogP) is 3.12. The molecule has 15 heavy (non-hydrogen) atoms. The molecule has 0 unspecified atom stereocenters. The Kier molecular flexibility index (Phi) is 2.54. The largest absolute Gasteiger partial charge is 0.441 e. The number of nitrogens with zero attached hydrogens (tertiary/aromatic N) is 1. The molecular weight excluding hydrogens is 190 g/mol. The molecule has 0 spiro atoms. The molecule has 0 aliphatic carbocycles. The van der Waals surface area contributed by atoms with Crippen molar-refractivity contribution < 1.29 is 9.21 Å². The Labute approximate surface area is 88.1 Å². The van der Waals surface area contributed by atoms with Gasteiger partial charge in [0.15, 0.2) is 17.3 Å². The van der Waals surface area contributed by atoms with E-state index in [0.29, 0.717) is 12.3 Å². The minimum atomic E-state index is 0.167. The zero-order chi connectivity index (χ0) is 10.8. The van der Waals surface area contributed by atoms with Crippen LogP contribution < -0.4 is 0 Å². The first-order chi connectivity index (χ1) is 7.20. The van der Waals surface area contributed by atoms with Gasteiger partial charge in [-0.15, -0.1) is 0 Å². The van der Waals surface area contributed by atoms with Crippen molar-refractivity contribution in [1.82, 2.24) is 4.98 Å². The van der Waals surface area contributed by atoms with E-state index in [1.54, 1.807) is 25.1 Å². The number of carbonyl (C=O) groups is 1. The van der Waals surface area contributed by atoms with Crippen molar-refractivity contribution in [3.8, 4) is 0 Å². The molecule has 0 saturated carbocycles. The van der Waals surface area contributed by atoms with E-state index in [2.05, 4.69) is 4.98 Å². The van der Waals surface area contributed by atoms with E-state index in [-0.39, 0.29) is 5.78 Å². The molecule has 2 aromatic rings. The fourth-order valence-electron chi connectivity index (χ4n) is 1.59. The van der Waals surface area contributed by atoms with E-state index < -0.39 is 0 Å². The van der Waals surface area contributed by atoms with Crippen molar-refractivity contribution >= 4 is 16.9 Å². The molecule has 0 atom stereocenters. The molecule has 78 valence electrons. The van der Waals surface area contributed by atoms with Crippen LogP contribution in [0.2, 0.25) is 0 Å². The number of hydrogen-bond acceptors (Lipinski definition) is 3. The molecule has 3 nitrogen and oxygen atoms in total. The number of rotatable bonds is 3. The molecule has 1 heterocycles. The Morgan fingerprint density at radius 2 is 2.27 bits per heavy atom. The molecular formula is C12H13NO2. The Morgan fingerprint density at radius 1 is 1.47 bits per heavy atom. The van der Waals surface area contributed by atoms with E-state index in [4.69, 9.17) is 4.42 Å². The number of fused-ring (bicyclic) bond motifs is 1. The lowest BCUT2D eigenvalue weighted by atomic mass is 10.1. The summed E-state index contributed by atoms with van der Waals surface area (Å²) >= 11 is 0. The Bertz CT molecular complexity index is 499. The van der Waals surface area contributed by atoms with Crippen LogP contribution in [0.15, 0.2) is 22.6 Å². The fraction of sp³-hybridized carbons (Fsp3) is 0.333. The summed E-state index contributed by atoms with van der Waals surface area (Å²) in [5.74, 6) is 0.796. The third-order valence-electron chi connectivity index (χ3n) is 2.29. The summed E-state index contributed by atoms with van der Waals surface area (Å²) in [6, 6.07) is 5.40. The second-order valence-corrected chi connectivity index (χ2v) is 3.59. The van der Waals surface area contributed by atoms with Crippen molar-refractivity contribution in [3.63, 3.8) is 0 Å². The zero-order valence-electron chi connectivity index (χ0n) is 8.91. The molecule has 3 heteroatoms. The van der Waals surface area contributed by atoms with Crippen molar-refractivity contribution in [3.05, 3.63) is 29.7 Å². The molecule has 1 aromatic carbocycles. The van der Waals surface area contributed by atoms with Gasteiger partial charge in [-0.1, -0.05) is 6.92 Å². The van der Waals surface area contributed by atoms with Gasteiger partial charge in [-0.2, -0.15) is 0 Å². The lowest BCUT2D eigenvalue weighted by Crippen LogP contribution is -1.97. The molecule has 0 radical (unpaired) electrons. The highest BCUT2D eigenvalue weighted by Gasteiger charge is 2.08. The minimum absolute atomic E-state index is 0.167. The second-order valence-electron chi connectivity index (χ2n) is 3.59. The maximum Gasteiger partial charge on any atom is 0.192 e. The van der Waals surface area contributed by atoms with Crippen LogP contribution in [0.5, 0.6) is 0 Å². The Hall–Kier alpha value is -1.64. The SMILES string of the molecule is CCCC(=O)c1ccc2oc(C)nc2c1. The van der Waals surface area contributed by atoms with Gasteiger partial charge < -0.3 is 4.42 Å². The number of oxazole rings is 1. The zero-order valence-corrected chi connectivity index (χ0v) is 8.91. The van der Waals surface area contributed by atoms with Crippen LogP contribution in [0.1, 0.15) is 36.0 Å². The maximum absolute atomic E-state index is 11.6. The molecule has 0 amide bonds. The van der Waals surface area contributed by atoms with Crippen molar-refractivity contribution in [1.29, 1.82) is 0 Å². The summed E-state index contributed by atoms with van der Waals surface area (Å²) in [4.78, 5) is 15.8. The minimum Gasteiger partial charge on any atom is -0.441 e. The van der Waals surface area contributed by atoms with Gasteiger partial charge in [-0.05, 0) is 24.6 Å². The number of carbonyl (C=O) groups excluding carboxylic acids is 1. The second kappa shape index (κ2) is 3.85. The highest BCUT2D eigenvalue weighted by Crippen LogP contribution is 2.17. The van der Waals surface area contributed by atoms with Crippen LogP contribution in [0.25, 0.3) is 11.1 Å². The van der Waals surface area contributed by atoms with E-state index in [9.17, 15) is 4.79 Å². The number of aryl methyl sites for hydroxylation is 1. The molecule has 0 bridgehead atoms. The van der Waals surface area contributed by atoms with Gasteiger partial charge in [0.2, 0.25) is 0 Å². The predicted molar refractivity (Wildman–Crippen MR) is 58.0 cm³/mol. The quantitative estimate of drug-likeness (QED) is 0.720. The van der Waals surface area contributed by atoms with Gasteiger partial charge in [-0.3, -0.25) is 4.79 Å². The lowest BCUT2D eigenvalue weighted by Gasteiger charge is -1.97. The first-order valence-electron chi connectivity index (χ1n) is 5.11. The van der Waals surface area contributed by atoms with Gasteiger partial charge in [0.1, 0.15) is 5.52 Å². The first-order valence-corrected chi connectivity index (χ1v) is 5.11. The molecule has 0 fully saturated rings. The van der Waals surface area contributed by atoms with Crippen LogP contribution in [-0.2, 0) is 0 Å². The van der Waals surface area contributed by atoms with E-state index >= 15 is 0 Å². The summed E-state index contributed by atoms with van der Waals surface area (Å²) in [7, 11) is 0. The Morgan fingerprint density at radius 3 is 3.00 bits per heavy atom. The van der Waals surface area contributed by atoms with Crippen LogP contribution in [0, 0.1) is 6.92 Å². The van der Waals surface area contributed by atoms with E-state index in [1.807, 2.05) is 6.92 Å². The van der Waals surface area contributed by atoms with Crippen LogP contribution in [-0.4, -0.2) is 10.8 Å². The first kappa shape index (κ1) is 9.90. The average Bonchev–Trinajstić information content (AvgIpc) is 2.57. The van der Waals surface area contributed by atoms with Gasteiger partial charge in [-0.25, -0.2) is 4.98 Å². The summed E-state index contributed by atoms with van der Waals surface area (Å²) < 4.78 is 5.34. The van der Waals surface area contributed by atoms with Gasteiger partial charge >= 0.3 is 0 Å². The van der Waals surface area contributed by atoms with Crippen LogP contribution >= 0.6 is 0 Å². The van der Waals surface area contributed by atoms with Gasteiger partial charge in [0, 0.05) is 18.9 Å². The third kappa shape index (κ3) is 1.91. The van der Waals surface area contributed by atoms with Crippen molar-refractivity contribution in [2.24, 2.45) is 0 Å². The average molecular weight is 203 g/mol. The number of benzene rings is 1. The van der Waals surface area contributed by atoms with E-state index in [0.717, 1.165) is 23.1 Å². The van der Waals surface area contributed by atoms with Crippen LogP contribution in [0.4, 0.5) is 0 Å². The summed E-state index contributed by atoms with van der Waals surface area (Å²) in [5, 5.41) is 0. The monoisotopic (exact) mass is 203 g/mol. The standard InChI is InChI=1S/C12H13NO2/c1-3-4-11(14)9-5-6-12-10(7-9)13-8(2)15-12/h5-7H,3-4H2,1-2H3. The summed E-state index contributed by atoms with van der Waals surface area (Å²) in [6.07, 6.45) is 1.46. The number of Topliss-reactive ketones (excluding diaryl/α,β-unsaturated/α-hetero) is 1. The number of hydrogen-bond donors (Lipinski definition) is 0. The summed E-state index contributed by atoms with van der Waals surface area (Å²) in [6.45, 7) is 3.80. The highest BCUT2D eigenvalue weighted by atomic mass is 16.3. The van der Waals surface area contributed by atoms with Crippen molar-refractivity contribution in [2.75, 3.05) is 0 Å². The molecule has 0 aliphatic heterocycles. The smallest absolute Gasteiger partial charge is 0.192 e. The van der Waals surface area contributed by atoms with E-state index in [1.165, 1.54) is 0 Å². The molecule has 2 rings (SSSR count). The molecule has 1 aromatic heterocycles. The summed E-state index contributed by atoms with van der Waals surface area (Å²) in [5.41, 5.74) is 2.22. The highest BCUT2D eigenvalue weighted by molar-refractivity contribution is 5.98. The molecule has 0 aliphatic rings. The van der Waals surface area contributed by atoms with Crippen LogP contribution in [0.3, 0.4) is 0 Å². The Balaban J connectivity index is 2.41. The normalized spacial score (nSPS) is 10.8. The fourth-order valence-corrected chi connectivity index (χ4v) is 1.59. The van der Waals surface area contributed by atoms with Crippen molar-refractivity contribution in [2.45, 2.75) is 26.7 Å². The number of ketones is 1. The van der Waals surface area contributed by atoms with Gasteiger partial charge in [0.05, 0.1) is 0 Å². The molecule has 0 N–H and O–H groups in total. The molecule has 0 saturated heterocycles. The number of aromatic nitrogens is 1. The maximum atomic E-state index is 11.6. The topological polar surface area (TPSA) is 43.1 Å². The third-order valence-corrected chi connectivity index (χ3v) is 2.29. The lowest BCUT2D eigenvalue weighted by molar-refractivity contribution is 0.0982. The van der Waals surface area contributed by atoms with Gasteiger partial charge in [0.25, 0.3) is 0 Å².